The minimum atomic E-state index is -0.853. The molecule has 2 aliphatic heterocycles. The lowest BCUT2D eigenvalue weighted by atomic mass is 10.1. The summed E-state index contributed by atoms with van der Waals surface area (Å²) in [5, 5.41) is 0. The van der Waals surface area contributed by atoms with Crippen LogP contribution in [0, 0.1) is 0 Å². The Hall–Kier alpha value is -0.920. The van der Waals surface area contributed by atoms with Gasteiger partial charge in [0.25, 0.3) is 0 Å². The molecule has 0 radical (unpaired) electrons. The SMILES string of the molecule is Brc1ccc(C2(COCCOCCOCCOCC3(c4ccc(Br)cc4)OCCO3)OCCO2)cc1. The molecule has 2 heterocycles. The lowest BCUT2D eigenvalue weighted by Crippen LogP contribution is -2.33. The molecule has 0 amide bonds. The number of hydrogen-bond donors (Lipinski definition) is 0. The lowest BCUT2D eigenvalue weighted by Gasteiger charge is -2.27. The van der Waals surface area contributed by atoms with Crippen LogP contribution >= 0.6 is 31.9 Å². The first kappa shape index (κ1) is 28.1. The van der Waals surface area contributed by atoms with Crippen molar-refractivity contribution in [3.05, 3.63) is 68.6 Å². The molecule has 0 bridgehead atoms. The molecule has 36 heavy (non-hydrogen) atoms. The van der Waals surface area contributed by atoms with Crippen molar-refractivity contribution in [2.24, 2.45) is 0 Å². The second-order valence-electron chi connectivity index (χ2n) is 8.24. The summed E-state index contributed by atoms with van der Waals surface area (Å²) in [6.45, 7) is 5.53. The van der Waals surface area contributed by atoms with Crippen molar-refractivity contribution in [1.29, 1.82) is 0 Å². The van der Waals surface area contributed by atoms with Crippen LogP contribution in [-0.2, 0) is 49.5 Å². The van der Waals surface area contributed by atoms with Gasteiger partial charge in [0.2, 0.25) is 11.6 Å². The first-order valence-electron chi connectivity index (χ1n) is 12.0. The van der Waals surface area contributed by atoms with Gasteiger partial charge in [-0.15, -0.1) is 0 Å². The van der Waals surface area contributed by atoms with E-state index in [2.05, 4.69) is 31.9 Å². The summed E-state index contributed by atoms with van der Waals surface area (Å²) in [7, 11) is 0. The van der Waals surface area contributed by atoms with E-state index in [1.165, 1.54) is 0 Å². The standard InChI is InChI=1S/C26H32Br2O8/c27-23-5-1-21(2-6-23)25(33-15-16-34-25)19-31-13-11-29-9-10-30-12-14-32-20-26(35-17-18-36-26)22-3-7-24(28)8-4-22/h1-8H,9-20H2. The highest BCUT2D eigenvalue weighted by atomic mass is 79.9. The maximum atomic E-state index is 5.87. The molecule has 0 spiro atoms. The van der Waals surface area contributed by atoms with Gasteiger partial charge in [-0.25, -0.2) is 0 Å². The van der Waals surface area contributed by atoms with E-state index in [1.807, 2.05) is 48.5 Å². The van der Waals surface area contributed by atoms with E-state index in [0.717, 1.165) is 20.1 Å². The van der Waals surface area contributed by atoms with E-state index < -0.39 is 11.6 Å². The third kappa shape index (κ3) is 7.80. The molecule has 0 aliphatic carbocycles. The van der Waals surface area contributed by atoms with Crippen LogP contribution in [0.5, 0.6) is 0 Å². The van der Waals surface area contributed by atoms with E-state index in [1.54, 1.807) is 0 Å². The number of rotatable bonds is 15. The molecule has 0 atom stereocenters. The molecule has 8 nitrogen and oxygen atoms in total. The van der Waals surface area contributed by atoms with Gasteiger partial charge in [0, 0.05) is 20.1 Å². The van der Waals surface area contributed by atoms with Crippen LogP contribution in [0.15, 0.2) is 57.5 Å². The van der Waals surface area contributed by atoms with Crippen molar-refractivity contribution in [3.8, 4) is 0 Å². The fraction of sp³-hybridized carbons (Fsp3) is 0.538. The summed E-state index contributed by atoms with van der Waals surface area (Å²) in [6, 6.07) is 15.8. The molecular weight excluding hydrogens is 600 g/mol. The topological polar surface area (TPSA) is 73.8 Å². The fourth-order valence-corrected chi connectivity index (χ4v) is 4.48. The Morgan fingerprint density at radius 2 is 0.806 bits per heavy atom. The minimum Gasteiger partial charge on any atom is -0.377 e. The highest BCUT2D eigenvalue weighted by molar-refractivity contribution is 9.10. The monoisotopic (exact) mass is 630 g/mol. The Bertz CT molecular complexity index is 822. The third-order valence-corrected chi connectivity index (χ3v) is 6.83. The molecule has 0 aromatic heterocycles. The first-order valence-corrected chi connectivity index (χ1v) is 13.6. The molecular formula is C26H32Br2O8. The first-order chi connectivity index (χ1) is 17.6. The molecule has 0 saturated carbocycles. The quantitative estimate of drug-likeness (QED) is 0.268. The van der Waals surface area contributed by atoms with Crippen molar-refractivity contribution in [2.45, 2.75) is 11.6 Å². The van der Waals surface area contributed by atoms with Gasteiger partial charge in [0.05, 0.1) is 66.1 Å². The van der Waals surface area contributed by atoms with Crippen molar-refractivity contribution in [3.63, 3.8) is 0 Å². The molecule has 0 unspecified atom stereocenters. The van der Waals surface area contributed by atoms with Gasteiger partial charge in [-0.2, -0.15) is 0 Å². The van der Waals surface area contributed by atoms with E-state index in [0.29, 0.717) is 79.3 Å². The average Bonchev–Trinajstić information content (AvgIpc) is 3.57. The second kappa shape index (κ2) is 14.3. The number of ether oxygens (including phenoxy) is 8. The largest absolute Gasteiger partial charge is 0.377 e. The van der Waals surface area contributed by atoms with E-state index in [9.17, 15) is 0 Å². The Labute approximate surface area is 228 Å². The molecule has 2 aromatic carbocycles. The average molecular weight is 632 g/mol. The number of benzene rings is 2. The van der Waals surface area contributed by atoms with Crippen LogP contribution in [0.1, 0.15) is 11.1 Å². The van der Waals surface area contributed by atoms with E-state index in [4.69, 9.17) is 37.9 Å². The molecule has 2 aromatic rings. The number of hydrogen-bond acceptors (Lipinski definition) is 8. The van der Waals surface area contributed by atoms with Gasteiger partial charge < -0.3 is 37.9 Å². The smallest absolute Gasteiger partial charge is 0.219 e. The Kier molecular flexibility index (Phi) is 11.2. The fourth-order valence-electron chi connectivity index (χ4n) is 3.95. The van der Waals surface area contributed by atoms with Crippen LogP contribution in [-0.4, -0.2) is 79.3 Å². The minimum absolute atomic E-state index is 0.307. The second-order valence-corrected chi connectivity index (χ2v) is 10.1. The van der Waals surface area contributed by atoms with Crippen molar-refractivity contribution in [1.82, 2.24) is 0 Å². The summed E-state index contributed by atoms with van der Waals surface area (Å²) < 4.78 is 48.3. The van der Waals surface area contributed by atoms with Gasteiger partial charge in [-0.05, 0) is 24.3 Å². The zero-order valence-corrected chi connectivity index (χ0v) is 23.3. The lowest BCUT2D eigenvalue weighted by molar-refractivity contribution is -0.205. The predicted octanol–water partition coefficient (Wildman–Crippen LogP) is 4.38. The van der Waals surface area contributed by atoms with E-state index >= 15 is 0 Å². The van der Waals surface area contributed by atoms with Gasteiger partial charge in [-0.3, -0.25) is 0 Å². The molecule has 4 rings (SSSR count). The molecule has 0 N–H and O–H groups in total. The maximum absolute atomic E-state index is 5.87. The summed E-state index contributed by atoms with van der Waals surface area (Å²) in [5.41, 5.74) is 1.88. The maximum Gasteiger partial charge on any atom is 0.219 e. The number of halogens is 2. The van der Waals surface area contributed by atoms with Crippen LogP contribution in [0.2, 0.25) is 0 Å². The van der Waals surface area contributed by atoms with Gasteiger partial charge in [-0.1, -0.05) is 56.1 Å². The van der Waals surface area contributed by atoms with Gasteiger partial charge in [0.15, 0.2) is 0 Å². The van der Waals surface area contributed by atoms with Crippen LogP contribution in [0.4, 0.5) is 0 Å². The molecule has 2 aliphatic rings. The normalized spacial score (nSPS) is 18.6. The molecule has 2 saturated heterocycles. The molecule has 2 fully saturated rings. The van der Waals surface area contributed by atoms with Crippen molar-refractivity contribution < 1.29 is 37.9 Å². The summed E-state index contributed by atoms with van der Waals surface area (Å²) in [5.74, 6) is -1.71. The van der Waals surface area contributed by atoms with Crippen LogP contribution < -0.4 is 0 Å². The van der Waals surface area contributed by atoms with Gasteiger partial charge in [0.1, 0.15) is 13.2 Å². The zero-order chi connectivity index (χ0) is 25.1. The summed E-state index contributed by atoms with van der Waals surface area (Å²) in [4.78, 5) is 0. The highest BCUT2D eigenvalue weighted by Gasteiger charge is 2.40. The summed E-state index contributed by atoms with van der Waals surface area (Å²) >= 11 is 6.90. The summed E-state index contributed by atoms with van der Waals surface area (Å²) in [6.07, 6.45) is 0. The Balaban J connectivity index is 1.04. The van der Waals surface area contributed by atoms with Crippen molar-refractivity contribution >= 4 is 31.9 Å². The van der Waals surface area contributed by atoms with Crippen LogP contribution in [0.3, 0.4) is 0 Å². The van der Waals surface area contributed by atoms with Crippen LogP contribution in [0.25, 0.3) is 0 Å². The zero-order valence-electron chi connectivity index (χ0n) is 20.1. The van der Waals surface area contributed by atoms with Crippen molar-refractivity contribution in [2.75, 3.05) is 79.3 Å². The third-order valence-electron chi connectivity index (χ3n) is 5.78. The Morgan fingerprint density at radius 1 is 0.500 bits per heavy atom. The van der Waals surface area contributed by atoms with Gasteiger partial charge >= 0.3 is 0 Å². The predicted molar refractivity (Wildman–Crippen MR) is 139 cm³/mol. The highest BCUT2D eigenvalue weighted by Crippen LogP contribution is 2.33. The Morgan fingerprint density at radius 3 is 1.14 bits per heavy atom. The molecule has 10 heteroatoms. The molecule has 198 valence electrons. The van der Waals surface area contributed by atoms with E-state index in [-0.39, 0.29) is 0 Å².